The van der Waals surface area contributed by atoms with Crippen LogP contribution in [-0.4, -0.2) is 11.9 Å². The maximum absolute atomic E-state index is 5.56. The lowest BCUT2D eigenvalue weighted by atomic mass is 9.99. The number of aliphatic imine (C=N–C) groups is 1. The molecule has 0 aromatic carbocycles. The molecule has 0 bridgehead atoms. The Morgan fingerprint density at radius 1 is 1.29 bits per heavy atom. The van der Waals surface area contributed by atoms with E-state index < -0.39 is 0 Å². The predicted octanol–water partition coefficient (Wildman–Crippen LogP) is 4.08. The van der Waals surface area contributed by atoms with E-state index in [1.54, 1.807) is 12.5 Å². The molecular formula is C17H20N2O2. The summed E-state index contributed by atoms with van der Waals surface area (Å²) in [7, 11) is 0. The fraction of sp³-hybridized carbons (Fsp3) is 0.353. The Morgan fingerprint density at radius 2 is 2.10 bits per heavy atom. The van der Waals surface area contributed by atoms with Gasteiger partial charge in [-0.2, -0.15) is 0 Å². The zero-order valence-corrected chi connectivity index (χ0v) is 12.4. The van der Waals surface area contributed by atoms with Gasteiger partial charge in [-0.3, -0.25) is 4.99 Å². The molecular weight excluding hydrogens is 264 g/mol. The monoisotopic (exact) mass is 284 g/mol. The molecule has 0 amide bonds. The zero-order valence-electron chi connectivity index (χ0n) is 12.4. The molecule has 0 radical (unpaired) electrons. The van der Waals surface area contributed by atoms with E-state index in [9.17, 15) is 0 Å². The van der Waals surface area contributed by atoms with Crippen molar-refractivity contribution in [1.82, 2.24) is 5.32 Å². The molecule has 1 aliphatic rings. The Labute approximate surface area is 124 Å². The first-order chi connectivity index (χ1) is 10.3. The van der Waals surface area contributed by atoms with E-state index in [2.05, 4.69) is 25.2 Å². The van der Waals surface area contributed by atoms with Gasteiger partial charge in [0, 0.05) is 0 Å². The second-order valence-electron chi connectivity index (χ2n) is 5.27. The highest BCUT2D eigenvalue weighted by atomic mass is 16.3. The van der Waals surface area contributed by atoms with Crippen LogP contribution in [0, 0.1) is 0 Å². The summed E-state index contributed by atoms with van der Waals surface area (Å²) < 4.78 is 11.0. The first-order valence-electron chi connectivity index (χ1n) is 7.38. The molecule has 0 spiro atoms. The van der Waals surface area contributed by atoms with Crippen LogP contribution in [0.2, 0.25) is 0 Å². The third kappa shape index (κ3) is 2.79. The fourth-order valence-electron chi connectivity index (χ4n) is 2.57. The van der Waals surface area contributed by atoms with Gasteiger partial charge in [-0.15, -0.1) is 0 Å². The van der Waals surface area contributed by atoms with Crippen LogP contribution in [0.5, 0.6) is 0 Å². The van der Waals surface area contributed by atoms with Crippen molar-refractivity contribution in [1.29, 1.82) is 0 Å². The molecule has 4 nitrogen and oxygen atoms in total. The van der Waals surface area contributed by atoms with Gasteiger partial charge in [0.05, 0.1) is 18.6 Å². The quantitative estimate of drug-likeness (QED) is 0.842. The van der Waals surface area contributed by atoms with E-state index in [1.807, 2.05) is 24.3 Å². The minimum atomic E-state index is -0.0480. The predicted molar refractivity (Wildman–Crippen MR) is 82.3 cm³/mol. The molecule has 1 aliphatic heterocycles. The van der Waals surface area contributed by atoms with E-state index in [0.717, 1.165) is 30.2 Å². The first kappa shape index (κ1) is 13.7. The van der Waals surface area contributed by atoms with Gasteiger partial charge in [0.15, 0.2) is 11.6 Å². The van der Waals surface area contributed by atoms with Crippen LogP contribution in [-0.2, 0) is 0 Å². The van der Waals surface area contributed by atoms with Gasteiger partial charge in [-0.1, -0.05) is 25.0 Å². The highest BCUT2D eigenvalue weighted by molar-refractivity contribution is 5.98. The second kappa shape index (κ2) is 6.04. The summed E-state index contributed by atoms with van der Waals surface area (Å²) >= 11 is 0. The van der Waals surface area contributed by atoms with Gasteiger partial charge in [-0.25, -0.2) is 0 Å². The lowest BCUT2D eigenvalue weighted by Gasteiger charge is -2.18. The zero-order chi connectivity index (χ0) is 14.7. The van der Waals surface area contributed by atoms with Gasteiger partial charge in [-0.05, 0) is 37.6 Å². The minimum absolute atomic E-state index is 0.0480. The van der Waals surface area contributed by atoms with E-state index in [0.29, 0.717) is 0 Å². The average Bonchev–Trinajstić information content (AvgIpc) is 3.24. The van der Waals surface area contributed by atoms with Crippen LogP contribution in [0.3, 0.4) is 0 Å². The number of furan rings is 2. The lowest BCUT2D eigenvalue weighted by Crippen LogP contribution is -2.32. The van der Waals surface area contributed by atoms with Crippen LogP contribution in [0.25, 0.3) is 0 Å². The van der Waals surface area contributed by atoms with Crippen LogP contribution < -0.4 is 5.32 Å². The molecule has 0 saturated heterocycles. The van der Waals surface area contributed by atoms with Crippen molar-refractivity contribution in [3.05, 3.63) is 60.0 Å². The molecule has 3 heterocycles. The third-order valence-corrected chi connectivity index (χ3v) is 3.71. The molecule has 2 aromatic heterocycles. The highest BCUT2D eigenvalue weighted by Crippen LogP contribution is 2.31. The third-order valence-electron chi connectivity index (χ3n) is 3.71. The molecule has 4 heteroatoms. The Balaban J connectivity index is 1.90. The molecule has 0 fully saturated rings. The summed E-state index contributed by atoms with van der Waals surface area (Å²) in [6, 6.07) is 7.72. The number of nitrogens with zero attached hydrogens (tertiary/aromatic N) is 1. The maximum Gasteiger partial charge on any atom is 0.168 e. The second-order valence-corrected chi connectivity index (χ2v) is 5.27. The van der Waals surface area contributed by atoms with E-state index in [-0.39, 0.29) is 12.1 Å². The van der Waals surface area contributed by atoms with Gasteiger partial charge in [0.1, 0.15) is 11.8 Å². The van der Waals surface area contributed by atoms with E-state index in [1.165, 1.54) is 5.57 Å². The van der Waals surface area contributed by atoms with Crippen molar-refractivity contribution >= 4 is 5.84 Å². The van der Waals surface area contributed by atoms with E-state index in [4.69, 9.17) is 13.8 Å². The number of nitrogens with one attached hydrogen (secondary N) is 1. The summed E-state index contributed by atoms with van der Waals surface area (Å²) in [6.07, 6.45) is 7.84. The average molecular weight is 284 g/mol. The summed E-state index contributed by atoms with van der Waals surface area (Å²) in [4.78, 5) is 4.76. The van der Waals surface area contributed by atoms with Crippen molar-refractivity contribution < 1.29 is 8.83 Å². The van der Waals surface area contributed by atoms with Crippen LogP contribution >= 0.6 is 0 Å². The molecule has 0 aliphatic carbocycles. The van der Waals surface area contributed by atoms with Crippen LogP contribution in [0.15, 0.2) is 62.3 Å². The van der Waals surface area contributed by atoms with Crippen molar-refractivity contribution in [3.8, 4) is 0 Å². The molecule has 2 unspecified atom stereocenters. The standard InChI is InChI=1S/C17H20N2O2/c1-3-4-7-12(2)15-16(13-8-5-10-20-13)19-17(18-15)14-9-6-11-21-14/h5-11,15-16H,3-4H2,1-2H3,(H,18,19)/b12-7+. The minimum Gasteiger partial charge on any atom is -0.467 e. The Hall–Kier alpha value is -2.23. The molecule has 0 saturated carbocycles. The number of amidine groups is 1. The Kier molecular flexibility index (Phi) is 3.95. The SMILES string of the molecule is CCC/C=C(\C)C1NC(c2ccco2)=NC1c1ccco1. The van der Waals surface area contributed by atoms with Crippen LogP contribution in [0.4, 0.5) is 0 Å². The molecule has 2 aromatic rings. The van der Waals surface area contributed by atoms with Crippen molar-refractivity contribution in [2.75, 3.05) is 0 Å². The Bertz CT molecular complexity index is 624. The molecule has 1 N–H and O–H groups in total. The van der Waals surface area contributed by atoms with Gasteiger partial charge in [0.25, 0.3) is 0 Å². The number of unbranched alkanes of at least 4 members (excludes halogenated alkanes) is 1. The van der Waals surface area contributed by atoms with Gasteiger partial charge < -0.3 is 14.2 Å². The summed E-state index contributed by atoms with van der Waals surface area (Å²) in [6.45, 7) is 4.32. The summed E-state index contributed by atoms with van der Waals surface area (Å²) in [5, 5.41) is 3.47. The maximum atomic E-state index is 5.56. The van der Waals surface area contributed by atoms with E-state index >= 15 is 0 Å². The summed E-state index contributed by atoms with van der Waals surface area (Å²) in [5.74, 6) is 2.42. The summed E-state index contributed by atoms with van der Waals surface area (Å²) in [5.41, 5.74) is 1.28. The Morgan fingerprint density at radius 3 is 2.76 bits per heavy atom. The van der Waals surface area contributed by atoms with Crippen molar-refractivity contribution in [3.63, 3.8) is 0 Å². The largest absolute Gasteiger partial charge is 0.467 e. The normalized spacial score (nSPS) is 22.2. The fourth-order valence-corrected chi connectivity index (χ4v) is 2.57. The van der Waals surface area contributed by atoms with Crippen molar-refractivity contribution in [2.24, 2.45) is 4.99 Å². The molecule has 2 atom stereocenters. The highest BCUT2D eigenvalue weighted by Gasteiger charge is 2.34. The smallest absolute Gasteiger partial charge is 0.168 e. The number of hydrogen-bond acceptors (Lipinski definition) is 4. The van der Waals surface area contributed by atoms with Gasteiger partial charge >= 0.3 is 0 Å². The number of allylic oxidation sites excluding steroid dienone is 1. The number of hydrogen-bond donors (Lipinski definition) is 1. The number of rotatable bonds is 5. The molecule has 3 rings (SSSR count). The van der Waals surface area contributed by atoms with Crippen LogP contribution in [0.1, 0.15) is 44.3 Å². The molecule has 21 heavy (non-hydrogen) atoms. The first-order valence-corrected chi connectivity index (χ1v) is 7.38. The van der Waals surface area contributed by atoms with Crippen molar-refractivity contribution in [2.45, 2.75) is 38.8 Å². The topological polar surface area (TPSA) is 50.7 Å². The lowest BCUT2D eigenvalue weighted by molar-refractivity contribution is 0.445. The molecule has 110 valence electrons. The van der Waals surface area contributed by atoms with Gasteiger partial charge in [0.2, 0.25) is 0 Å².